The summed E-state index contributed by atoms with van der Waals surface area (Å²) in [6, 6.07) is 7.54. The summed E-state index contributed by atoms with van der Waals surface area (Å²) < 4.78 is 2.67. The van der Waals surface area contributed by atoms with Crippen molar-refractivity contribution in [2.45, 2.75) is 39.7 Å². The van der Waals surface area contributed by atoms with Crippen molar-refractivity contribution < 1.29 is 4.79 Å². The number of hydrogen-bond acceptors (Lipinski definition) is 5. The molecule has 0 fully saturated rings. The topological polar surface area (TPSA) is 81.3 Å². The van der Waals surface area contributed by atoms with Crippen LogP contribution in [0, 0.1) is 12.8 Å². The molecule has 1 aromatic carbocycles. The van der Waals surface area contributed by atoms with E-state index in [9.17, 15) is 9.59 Å². The van der Waals surface area contributed by atoms with Gasteiger partial charge >= 0.3 is 5.69 Å². The normalized spacial score (nSPS) is 16.3. The molecular formula is C21H21N5O2S. The minimum atomic E-state index is -0.349. The molecule has 3 heterocycles. The number of nitrogens with zero attached hydrogens (tertiary/aromatic N) is 4. The summed E-state index contributed by atoms with van der Waals surface area (Å²) in [4.78, 5) is 32.1. The number of amides is 1. The molecule has 1 aliphatic carbocycles. The predicted molar refractivity (Wildman–Crippen MR) is 114 cm³/mol. The van der Waals surface area contributed by atoms with Crippen LogP contribution >= 0.6 is 11.3 Å². The average molecular weight is 407 g/mol. The van der Waals surface area contributed by atoms with E-state index in [0.29, 0.717) is 11.6 Å². The van der Waals surface area contributed by atoms with Crippen molar-refractivity contribution in [3.05, 3.63) is 57.1 Å². The van der Waals surface area contributed by atoms with Gasteiger partial charge < -0.3 is 5.32 Å². The second-order valence-corrected chi connectivity index (χ2v) is 8.86. The molecule has 148 valence electrons. The minimum Gasteiger partial charge on any atom is -0.324 e. The van der Waals surface area contributed by atoms with E-state index in [2.05, 4.69) is 22.3 Å². The van der Waals surface area contributed by atoms with Gasteiger partial charge in [0.1, 0.15) is 17.7 Å². The van der Waals surface area contributed by atoms with Crippen molar-refractivity contribution >= 4 is 38.8 Å². The van der Waals surface area contributed by atoms with Crippen LogP contribution in [-0.4, -0.2) is 25.1 Å². The van der Waals surface area contributed by atoms with Gasteiger partial charge in [0.15, 0.2) is 5.65 Å². The first-order chi connectivity index (χ1) is 14.0. The number of rotatable bonds is 3. The Bertz CT molecular complexity index is 1320. The van der Waals surface area contributed by atoms with E-state index in [-0.39, 0.29) is 18.1 Å². The smallest absolute Gasteiger partial charge is 0.324 e. The van der Waals surface area contributed by atoms with Crippen LogP contribution in [0.5, 0.6) is 0 Å². The molecule has 0 radical (unpaired) electrons. The van der Waals surface area contributed by atoms with E-state index in [4.69, 9.17) is 0 Å². The number of anilines is 1. The quantitative estimate of drug-likeness (QED) is 0.566. The zero-order valence-electron chi connectivity index (χ0n) is 16.3. The van der Waals surface area contributed by atoms with Gasteiger partial charge in [0.25, 0.3) is 0 Å². The maximum atomic E-state index is 12.8. The molecule has 29 heavy (non-hydrogen) atoms. The van der Waals surface area contributed by atoms with E-state index >= 15 is 0 Å². The van der Waals surface area contributed by atoms with Crippen LogP contribution in [0.25, 0.3) is 15.9 Å². The number of aryl methyl sites for hydroxylation is 2. The average Bonchev–Trinajstić information content (AvgIpc) is 3.21. The highest BCUT2D eigenvalue weighted by atomic mass is 32.1. The van der Waals surface area contributed by atoms with E-state index in [1.165, 1.54) is 25.9 Å². The third kappa shape index (κ3) is 3.04. The Labute approximate surface area is 171 Å². The molecule has 7 nitrogen and oxygen atoms in total. The third-order valence-corrected chi connectivity index (χ3v) is 6.75. The summed E-state index contributed by atoms with van der Waals surface area (Å²) in [5.41, 5.74) is 3.21. The van der Waals surface area contributed by atoms with Crippen molar-refractivity contribution in [1.29, 1.82) is 0 Å². The highest BCUT2D eigenvalue weighted by Crippen LogP contribution is 2.38. The first-order valence-corrected chi connectivity index (χ1v) is 10.6. The fourth-order valence-corrected chi connectivity index (χ4v) is 5.35. The lowest BCUT2D eigenvalue weighted by atomic mass is 9.89. The van der Waals surface area contributed by atoms with E-state index < -0.39 is 0 Å². The number of aromatic nitrogens is 4. The van der Waals surface area contributed by atoms with E-state index in [0.717, 1.165) is 40.7 Å². The van der Waals surface area contributed by atoms with Crippen LogP contribution in [0.15, 0.2) is 35.4 Å². The fraction of sp³-hybridized carbons (Fsp3) is 0.333. The summed E-state index contributed by atoms with van der Waals surface area (Å²) in [5, 5.41) is 8.34. The molecule has 8 heteroatoms. The van der Waals surface area contributed by atoms with E-state index in [1.807, 2.05) is 31.2 Å². The first kappa shape index (κ1) is 18.1. The van der Waals surface area contributed by atoms with Gasteiger partial charge in [-0.3, -0.25) is 4.79 Å². The highest BCUT2D eigenvalue weighted by molar-refractivity contribution is 7.19. The summed E-state index contributed by atoms with van der Waals surface area (Å²) >= 11 is 1.70. The Morgan fingerprint density at radius 1 is 1.34 bits per heavy atom. The molecule has 0 saturated carbocycles. The molecule has 0 bridgehead atoms. The summed E-state index contributed by atoms with van der Waals surface area (Å²) in [6.45, 7) is 4.05. The van der Waals surface area contributed by atoms with Crippen LogP contribution in [0.2, 0.25) is 0 Å². The second kappa shape index (κ2) is 6.81. The molecule has 1 N–H and O–H groups in total. The summed E-state index contributed by atoms with van der Waals surface area (Å²) in [5.74, 6) is 0.381. The van der Waals surface area contributed by atoms with Crippen LogP contribution in [0.3, 0.4) is 0 Å². The molecule has 1 aliphatic rings. The largest absolute Gasteiger partial charge is 0.352 e. The lowest BCUT2D eigenvalue weighted by Gasteiger charge is -2.17. The number of carbonyl (C=O) groups is 1. The van der Waals surface area contributed by atoms with Gasteiger partial charge in [-0.05, 0) is 49.3 Å². The van der Waals surface area contributed by atoms with Crippen molar-refractivity contribution in [2.24, 2.45) is 5.92 Å². The molecule has 1 amide bonds. The fourth-order valence-electron chi connectivity index (χ4n) is 4.00. The Balaban J connectivity index is 1.53. The minimum absolute atomic E-state index is 0.139. The van der Waals surface area contributed by atoms with Crippen LogP contribution in [0.4, 0.5) is 5.69 Å². The lowest BCUT2D eigenvalue weighted by Crippen LogP contribution is -2.28. The first-order valence-electron chi connectivity index (χ1n) is 9.75. The number of carbonyl (C=O) groups excluding carboxylic acids is 1. The van der Waals surface area contributed by atoms with E-state index in [1.54, 1.807) is 11.3 Å². The van der Waals surface area contributed by atoms with Gasteiger partial charge in [-0.15, -0.1) is 16.4 Å². The molecule has 5 rings (SSSR count). The monoisotopic (exact) mass is 407 g/mol. The zero-order valence-corrected chi connectivity index (χ0v) is 17.1. The third-order valence-electron chi connectivity index (χ3n) is 5.59. The number of para-hydroxylation sites is 1. The Morgan fingerprint density at radius 3 is 3.00 bits per heavy atom. The van der Waals surface area contributed by atoms with Gasteiger partial charge in [-0.1, -0.05) is 25.1 Å². The number of hydrogen-bond donors (Lipinski definition) is 1. The predicted octanol–water partition coefficient (Wildman–Crippen LogP) is 3.18. The summed E-state index contributed by atoms with van der Waals surface area (Å²) in [7, 11) is 0. The highest BCUT2D eigenvalue weighted by Gasteiger charge is 2.24. The number of thiophene rings is 1. The lowest BCUT2D eigenvalue weighted by molar-refractivity contribution is -0.117. The molecule has 0 spiro atoms. The molecule has 4 aromatic rings. The Hall–Kier alpha value is -3.00. The molecule has 0 aliphatic heterocycles. The van der Waals surface area contributed by atoms with Crippen molar-refractivity contribution in [3.8, 4) is 0 Å². The van der Waals surface area contributed by atoms with Gasteiger partial charge in [0.2, 0.25) is 5.91 Å². The summed E-state index contributed by atoms with van der Waals surface area (Å²) in [6.07, 6.45) is 4.68. The van der Waals surface area contributed by atoms with Crippen molar-refractivity contribution in [2.75, 3.05) is 5.32 Å². The van der Waals surface area contributed by atoms with Crippen LogP contribution in [0.1, 0.15) is 29.3 Å². The Kier molecular flexibility index (Phi) is 4.24. The number of fused-ring (bicyclic) bond motifs is 5. The zero-order chi connectivity index (χ0) is 20.1. The van der Waals surface area contributed by atoms with Crippen molar-refractivity contribution in [3.63, 3.8) is 0 Å². The van der Waals surface area contributed by atoms with Crippen LogP contribution < -0.4 is 11.0 Å². The van der Waals surface area contributed by atoms with Gasteiger partial charge in [0, 0.05) is 10.6 Å². The number of benzene rings is 1. The maximum Gasteiger partial charge on any atom is 0.352 e. The van der Waals surface area contributed by atoms with Crippen LogP contribution in [-0.2, 0) is 24.2 Å². The number of nitrogens with one attached hydrogen (secondary N) is 1. The maximum absolute atomic E-state index is 12.8. The molecule has 0 unspecified atom stereocenters. The van der Waals surface area contributed by atoms with Crippen molar-refractivity contribution in [1.82, 2.24) is 19.2 Å². The SMILES string of the molecule is Cc1ccccc1NC(=O)Cn1nc2c3c4c(sc3ncn2c1=O)C[C@@H](C)CC4. The van der Waals surface area contributed by atoms with Gasteiger partial charge in [0.05, 0.1) is 5.39 Å². The van der Waals surface area contributed by atoms with Gasteiger partial charge in [-0.2, -0.15) is 0 Å². The molecular weight excluding hydrogens is 386 g/mol. The molecule has 1 atom stereocenters. The Morgan fingerprint density at radius 2 is 2.17 bits per heavy atom. The molecule has 3 aromatic heterocycles. The second-order valence-electron chi connectivity index (χ2n) is 7.77. The molecule has 0 saturated heterocycles. The van der Waals surface area contributed by atoms with Gasteiger partial charge in [-0.25, -0.2) is 18.9 Å². The standard InChI is InChI=1S/C21H21N5O2S/c1-12-7-8-14-16(9-12)29-20-18(14)19-24-26(21(28)25(19)11-22-20)10-17(27)23-15-6-4-3-5-13(15)2/h3-6,11-12H,7-10H2,1-2H3,(H,23,27)/t12-/m0/s1.